The molecule has 6 nitrogen and oxygen atoms in total. The number of aromatic amines is 2. The molecule has 2 heterocycles. The summed E-state index contributed by atoms with van der Waals surface area (Å²) in [5.41, 5.74) is 1.44. The third kappa shape index (κ3) is 2.93. The van der Waals surface area contributed by atoms with Crippen molar-refractivity contribution in [3.63, 3.8) is 0 Å². The molecule has 0 radical (unpaired) electrons. The van der Waals surface area contributed by atoms with Gasteiger partial charge >= 0.3 is 0 Å². The number of amides is 1. The van der Waals surface area contributed by atoms with Crippen molar-refractivity contribution in [1.29, 1.82) is 0 Å². The van der Waals surface area contributed by atoms with Crippen molar-refractivity contribution in [2.75, 3.05) is 0 Å². The Morgan fingerprint density at radius 3 is 2.77 bits per heavy atom. The fraction of sp³-hybridized carbons (Fsp3) is 0.105. The molecule has 3 N–H and O–H groups in total. The summed E-state index contributed by atoms with van der Waals surface area (Å²) in [6.45, 7) is 1.86. The third-order valence-corrected chi connectivity index (χ3v) is 4.42. The first-order valence-electron chi connectivity index (χ1n) is 8.07. The number of hydrogen-bond donors (Lipinski definition) is 3. The van der Waals surface area contributed by atoms with E-state index in [9.17, 15) is 9.59 Å². The maximum absolute atomic E-state index is 12.6. The lowest BCUT2D eigenvalue weighted by Gasteiger charge is -2.11. The Hall–Kier alpha value is -3.19. The highest BCUT2D eigenvalue weighted by molar-refractivity contribution is 7.71. The Morgan fingerprint density at radius 1 is 1.15 bits per heavy atom. The molecule has 4 aromatic rings. The van der Waals surface area contributed by atoms with Gasteiger partial charge in [0.25, 0.3) is 11.5 Å². The molecule has 4 rings (SSSR count). The molecule has 2 aromatic carbocycles. The van der Waals surface area contributed by atoms with E-state index in [1.54, 1.807) is 18.2 Å². The molecule has 0 saturated heterocycles. The highest BCUT2D eigenvalue weighted by Gasteiger charge is 2.16. The predicted molar refractivity (Wildman–Crippen MR) is 102 cm³/mol. The maximum atomic E-state index is 12.6. The van der Waals surface area contributed by atoms with E-state index in [2.05, 4.69) is 15.3 Å². The molecule has 2 aromatic heterocycles. The quantitative estimate of drug-likeness (QED) is 0.481. The van der Waals surface area contributed by atoms with Crippen LogP contribution in [0.2, 0.25) is 0 Å². The van der Waals surface area contributed by atoms with Gasteiger partial charge in [-0.15, -0.1) is 0 Å². The van der Waals surface area contributed by atoms with Gasteiger partial charge in [-0.25, -0.2) is 0 Å². The van der Waals surface area contributed by atoms with E-state index in [1.165, 1.54) is 0 Å². The molecule has 0 aliphatic rings. The molecular weight excluding hydrogens is 350 g/mol. The Balaban J connectivity index is 1.62. The molecule has 1 atom stereocenters. The van der Waals surface area contributed by atoms with Crippen molar-refractivity contribution >= 4 is 40.0 Å². The van der Waals surface area contributed by atoms with E-state index in [0.29, 0.717) is 22.2 Å². The summed E-state index contributed by atoms with van der Waals surface area (Å²) in [5.74, 6) is 0.413. The second-order valence-electron chi connectivity index (χ2n) is 6.05. The van der Waals surface area contributed by atoms with Crippen molar-refractivity contribution < 1.29 is 9.21 Å². The molecular formula is C19H15N3O3S. The number of carbonyl (C=O) groups excluding carboxylic acids is 1. The summed E-state index contributed by atoms with van der Waals surface area (Å²) < 4.78 is 6.01. The first-order chi connectivity index (χ1) is 12.5. The van der Waals surface area contributed by atoms with Gasteiger partial charge in [-0.3, -0.25) is 14.6 Å². The fourth-order valence-corrected chi connectivity index (χ4v) is 3.08. The average molecular weight is 365 g/mol. The van der Waals surface area contributed by atoms with Gasteiger partial charge in [0, 0.05) is 10.9 Å². The molecule has 0 unspecified atom stereocenters. The summed E-state index contributed by atoms with van der Waals surface area (Å²) >= 11 is 4.98. The van der Waals surface area contributed by atoms with Gasteiger partial charge in [0.1, 0.15) is 11.3 Å². The lowest BCUT2D eigenvalue weighted by molar-refractivity contribution is 0.0936. The van der Waals surface area contributed by atoms with Crippen LogP contribution < -0.4 is 10.9 Å². The molecule has 1 amide bonds. The number of benzene rings is 2. The van der Waals surface area contributed by atoms with Crippen molar-refractivity contribution in [3.8, 4) is 0 Å². The van der Waals surface area contributed by atoms with Crippen LogP contribution in [0.4, 0.5) is 0 Å². The largest absolute Gasteiger partial charge is 0.459 e. The Bertz CT molecular complexity index is 1220. The molecule has 0 aliphatic heterocycles. The second-order valence-corrected chi connectivity index (χ2v) is 6.46. The first kappa shape index (κ1) is 16.3. The normalized spacial score (nSPS) is 12.3. The summed E-state index contributed by atoms with van der Waals surface area (Å²) in [6.07, 6.45) is 0. The lowest BCUT2D eigenvalue weighted by Crippen LogP contribution is -2.26. The van der Waals surface area contributed by atoms with Crippen LogP contribution in [-0.2, 0) is 0 Å². The minimum absolute atomic E-state index is 0.218. The zero-order valence-electron chi connectivity index (χ0n) is 13.8. The number of nitrogens with one attached hydrogen (secondary N) is 3. The third-order valence-electron chi connectivity index (χ3n) is 4.22. The summed E-state index contributed by atoms with van der Waals surface area (Å²) in [5, 5.41) is 4.34. The van der Waals surface area contributed by atoms with Gasteiger partial charge in [-0.1, -0.05) is 18.2 Å². The minimum Gasteiger partial charge on any atom is -0.459 e. The van der Waals surface area contributed by atoms with Crippen LogP contribution in [0.25, 0.3) is 21.9 Å². The van der Waals surface area contributed by atoms with E-state index in [1.807, 2.05) is 37.3 Å². The summed E-state index contributed by atoms with van der Waals surface area (Å²) in [6, 6.07) is 14.1. The van der Waals surface area contributed by atoms with Crippen molar-refractivity contribution in [3.05, 3.63) is 75.0 Å². The standard InChI is InChI=1S/C19H15N3O3S/c1-10(16-9-11-4-2-3-5-15(11)25-16)20-17(23)12-6-7-13-14(8-12)21-19(26)22-18(13)24/h2-10H,1H3,(H,20,23)(H2,21,22,24,26)/t10-/m0/s1. The highest BCUT2D eigenvalue weighted by atomic mass is 32.1. The molecule has 130 valence electrons. The smallest absolute Gasteiger partial charge is 0.259 e. The SMILES string of the molecule is C[C@H](NC(=O)c1ccc2c(=O)[nH]c(=S)[nH]c2c1)c1cc2ccccc2o1. The first-order valence-corrected chi connectivity index (χ1v) is 8.48. The molecule has 0 spiro atoms. The van der Waals surface area contributed by atoms with Crippen molar-refractivity contribution in [1.82, 2.24) is 15.3 Å². The van der Waals surface area contributed by atoms with Gasteiger partial charge < -0.3 is 14.7 Å². The predicted octanol–water partition coefficient (Wildman–Crippen LogP) is 3.82. The monoisotopic (exact) mass is 365 g/mol. The second kappa shape index (κ2) is 6.27. The topological polar surface area (TPSA) is 90.9 Å². The van der Waals surface area contributed by atoms with E-state index >= 15 is 0 Å². The Labute approximate surface area is 152 Å². The zero-order valence-corrected chi connectivity index (χ0v) is 14.6. The number of hydrogen-bond acceptors (Lipinski definition) is 4. The number of carbonyl (C=O) groups is 1. The van der Waals surface area contributed by atoms with E-state index in [-0.39, 0.29) is 22.3 Å². The van der Waals surface area contributed by atoms with Gasteiger partial charge in [0.2, 0.25) is 0 Å². The van der Waals surface area contributed by atoms with Crippen LogP contribution in [0, 0.1) is 4.77 Å². The molecule has 0 saturated carbocycles. The lowest BCUT2D eigenvalue weighted by atomic mass is 10.1. The van der Waals surface area contributed by atoms with Gasteiger partial charge in [-0.05, 0) is 49.5 Å². The molecule has 0 fully saturated rings. The maximum Gasteiger partial charge on any atom is 0.259 e. The minimum atomic E-state index is -0.303. The summed E-state index contributed by atoms with van der Waals surface area (Å²) in [4.78, 5) is 29.9. The zero-order chi connectivity index (χ0) is 18.3. The number of aromatic nitrogens is 2. The fourth-order valence-electron chi connectivity index (χ4n) is 2.88. The average Bonchev–Trinajstić information content (AvgIpc) is 3.05. The molecule has 0 aliphatic carbocycles. The molecule has 7 heteroatoms. The van der Waals surface area contributed by atoms with Crippen molar-refractivity contribution in [2.24, 2.45) is 0 Å². The number of H-pyrrole nitrogens is 2. The number of fused-ring (bicyclic) bond motifs is 2. The summed E-state index contributed by atoms with van der Waals surface area (Å²) in [7, 11) is 0. The van der Waals surface area contributed by atoms with Crippen LogP contribution >= 0.6 is 12.2 Å². The van der Waals surface area contributed by atoms with Crippen LogP contribution in [0.1, 0.15) is 29.1 Å². The van der Waals surface area contributed by atoms with Gasteiger partial charge in [0.05, 0.1) is 16.9 Å². The van der Waals surface area contributed by atoms with Crippen LogP contribution in [0.15, 0.2) is 57.7 Å². The number of para-hydroxylation sites is 1. The Morgan fingerprint density at radius 2 is 1.96 bits per heavy atom. The van der Waals surface area contributed by atoms with Crippen LogP contribution in [0.5, 0.6) is 0 Å². The molecule has 26 heavy (non-hydrogen) atoms. The number of furan rings is 1. The van der Waals surface area contributed by atoms with Crippen LogP contribution in [-0.4, -0.2) is 15.9 Å². The Kier molecular flexibility index (Phi) is 3.93. The van der Waals surface area contributed by atoms with Crippen molar-refractivity contribution in [2.45, 2.75) is 13.0 Å². The van der Waals surface area contributed by atoms with Gasteiger partial charge in [0.15, 0.2) is 4.77 Å². The van der Waals surface area contributed by atoms with E-state index in [4.69, 9.17) is 16.6 Å². The molecule has 0 bridgehead atoms. The highest BCUT2D eigenvalue weighted by Crippen LogP contribution is 2.24. The van der Waals surface area contributed by atoms with E-state index in [0.717, 1.165) is 11.0 Å². The number of rotatable bonds is 3. The van der Waals surface area contributed by atoms with E-state index < -0.39 is 0 Å². The van der Waals surface area contributed by atoms with Crippen LogP contribution in [0.3, 0.4) is 0 Å². The van der Waals surface area contributed by atoms with Gasteiger partial charge in [-0.2, -0.15) is 0 Å².